The van der Waals surface area contributed by atoms with Gasteiger partial charge in [-0.15, -0.1) is 0 Å². The number of methoxy groups -OCH3 is 5. The molecule has 0 aliphatic heterocycles. The van der Waals surface area contributed by atoms with Crippen LogP contribution < -0.4 is 34.3 Å². The molecule has 42 heavy (non-hydrogen) atoms. The minimum atomic E-state index is 0.237. The lowest BCUT2D eigenvalue weighted by atomic mass is 10.1. The van der Waals surface area contributed by atoms with Crippen molar-refractivity contribution >= 4 is 34.8 Å². The van der Waals surface area contributed by atoms with Crippen LogP contribution in [-0.2, 0) is 12.8 Å². The van der Waals surface area contributed by atoms with Gasteiger partial charge in [0.1, 0.15) is 27.7 Å². The van der Waals surface area contributed by atoms with Gasteiger partial charge in [-0.1, -0.05) is 41.4 Å². The average molecular weight is 618 g/mol. The first-order valence-corrected chi connectivity index (χ1v) is 13.6. The fourth-order valence-corrected chi connectivity index (χ4v) is 4.01. The van der Waals surface area contributed by atoms with Crippen LogP contribution >= 0.6 is 23.2 Å². The second kappa shape index (κ2) is 16.9. The van der Waals surface area contributed by atoms with E-state index in [2.05, 4.69) is 30.6 Å². The van der Waals surface area contributed by atoms with Crippen LogP contribution in [0.3, 0.4) is 0 Å². The number of nitrogens with one attached hydrogen (secondary N) is 2. The Morgan fingerprint density at radius 2 is 1.05 bits per heavy atom. The molecule has 0 fully saturated rings. The molecule has 0 spiro atoms. The third-order valence-corrected chi connectivity index (χ3v) is 6.15. The molecule has 0 aliphatic carbocycles. The molecule has 11 nitrogen and oxygen atoms in total. The first kappa shape index (κ1) is 32.3. The Morgan fingerprint density at radius 3 is 1.52 bits per heavy atom. The summed E-state index contributed by atoms with van der Waals surface area (Å²) < 4.78 is 25.6. The molecule has 4 aromatic rings. The van der Waals surface area contributed by atoms with Gasteiger partial charge in [-0.3, -0.25) is 0 Å². The first-order chi connectivity index (χ1) is 20.4. The number of nitrogens with zero attached hydrogens (tertiary/aromatic N) is 4. The molecule has 0 radical (unpaired) electrons. The van der Waals surface area contributed by atoms with Gasteiger partial charge in [-0.2, -0.15) is 19.9 Å². The SMILES string of the molecule is COc1ccc(CCNc2cc(Cl)nc(OC)n2)cc1.COc1nc(Cl)cc(NCCc2ccc(OC)c(OC)c2)n1. The Hall–Kier alpha value is -4.22. The molecule has 4 rings (SSSR count). The van der Waals surface area contributed by atoms with Gasteiger partial charge >= 0.3 is 12.0 Å². The Bertz CT molecular complexity index is 1410. The zero-order chi connectivity index (χ0) is 30.3. The van der Waals surface area contributed by atoms with Crippen LogP contribution in [0.4, 0.5) is 11.6 Å². The zero-order valence-electron chi connectivity index (χ0n) is 24.1. The predicted molar refractivity (Wildman–Crippen MR) is 164 cm³/mol. The van der Waals surface area contributed by atoms with E-state index in [1.54, 1.807) is 33.5 Å². The minimum Gasteiger partial charge on any atom is -0.497 e. The highest BCUT2D eigenvalue weighted by Gasteiger charge is 2.06. The standard InChI is InChI=1S/C15H18ClN3O3.C14H16ClN3O2/c1-20-11-5-4-10(8-12(11)21-2)6-7-17-14-9-13(16)18-15(19-14)22-3;1-19-11-5-3-10(4-6-11)7-8-16-13-9-12(15)17-14(18-13)20-2/h4-5,8-9H,6-7H2,1-3H3,(H,17,18,19);3-6,9H,7-8H2,1-2H3,(H,16,17,18). The lowest BCUT2D eigenvalue weighted by molar-refractivity contribution is 0.354. The molecule has 224 valence electrons. The van der Waals surface area contributed by atoms with Gasteiger partial charge in [-0.25, -0.2) is 0 Å². The Labute approximate surface area is 255 Å². The van der Waals surface area contributed by atoms with Crippen LogP contribution in [-0.4, -0.2) is 68.6 Å². The van der Waals surface area contributed by atoms with Crippen LogP contribution in [0.1, 0.15) is 11.1 Å². The zero-order valence-corrected chi connectivity index (χ0v) is 25.6. The highest BCUT2D eigenvalue weighted by atomic mass is 35.5. The lowest BCUT2D eigenvalue weighted by Crippen LogP contribution is -2.07. The van der Waals surface area contributed by atoms with Crippen LogP contribution in [0, 0.1) is 0 Å². The molecule has 2 N–H and O–H groups in total. The summed E-state index contributed by atoms with van der Waals surface area (Å²) in [5.74, 6) is 3.56. The summed E-state index contributed by atoms with van der Waals surface area (Å²) in [4.78, 5) is 16.2. The van der Waals surface area contributed by atoms with Crippen LogP contribution in [0.25, 0.3) is 0 Å². The normalized spacial score (nSPS) is 10.2. The van der Waals surface area contributed by atoms with Crippen molar-refractivity contribution in [2.24, 2.45) is 0 Å². The topological polar surface area (TPSA) is 122 Å². The molecule has 0 aliphatic rings. The predicted octanol–water partition coefficient (Wildman–Crippen LogP) is 5.61. The van der Waals surface area contributed by atoms with Crippen molar-refractivity contribution < 1.29 is 23.7 Å². The molecule has 0 unspecified atom stereocenters. The van der Waals surface area contributed by atoms with Gasteiger partial charge in [0.25, 0.3) is 0 Å². The van der Waals surface area contributed by atoms with Gasteiger partial charge in [0, 0.05) is 25.2 Å². The number of ether oxygens (including phenoxy) is 5. The largest absolute Gasteiger partial charge is 0.497 e. The third-order valence-electron chi connectivity index (χ3n) is 5.76. The van der Waals surface area contributed by atoms with Crippen molar-refractivity contribution in [2.75, 3.05) is 59.3 Å². The highest BCUT2D eigenvalue weighted by molar-refractivity contribution is 6.29. The summed E-state index contributed by atoms with van der Waals surface area (Å²) in [5, 5.41) is 7.06. The number of hydrogen-bond donors (Lipinski definition) is 2. The van der Waals surface area contributed by atoms with E-state index in [0.29, 0.717) is 40.0 Å². The summed E-state index contributed by atoms with van der Waals surface area (Å²) in [6.45, 7) is 1.43. The van der Waals surface area contributed by atoms with Crippen molar-refractivity contribution in [3.63, 3.8) is 0 Å². The van der Waals surface area contributed by atoms with E-state index in [1.165, 1.54) is 19.8 Å². The second-order valence-electron chi connectivity index (χ2n) is 8.52. The number of aromatic nitrogens is 4. The molecule has 2 aromatic carbocycles. The number of halogens is 2. The molecule has 0 amide bonds. The fraction of sp³-hybridized carbons (Fsp3) is 0.310. The van der Waals surface area contributed by atoms with E-state index in [-0.39, 0.29) is 12.0 Å². The summed E-state index contributed by atoms with van der Waals surface area (Å²) >= 11 is 11.8. The maximum Gasteiger partial charge on any atom is 0.319 e. The maximum absolute atomic E-state index is 5.90. The van der Waals surface area contributed by atoms with E-state index in [9.17, 15) is 0 Å². The molecule has 0 atom stereocenters. The molecule has 2 aromatic heterocycles. The maximum atomic E-state index is 5.90. The molecule has 2 heterocycles. The molecule has 0 saturated heterocycles. The summed E-state index contributed by atoms with van der Waals surface area (Å²) in [6.07, 6.45) is 1.66. The second-order valence-corrected chi connectivity index (χ2v) is 9.29. The fourth-order valence-electron chi connectivity index (χ4n) is 3.66. The number of hydrogen-bond acceptors (Lipinski definition) is 11. The number of anilines is 2. The van der Waals surface area contributed by atoms with Crippen LogP contribution in [0.2, 0.25) is 10.3 Å². The molecule has 0 bridgehead atoms. The third kappa shape index (κ3) is 10.3. The average Bonchev–Trinajstić information content (AvgIpc) is 3.01. The summed E-state index contributed by atoms with van der Waals surface area (Å²) in [7, 11) is 7.90. The van der Waals surface area contributed by atoms with Gasteiger partial charge in [0.05, 0.1) is 35.5 Å². The minimum absolute atomic E-state index is 0.237. The van der Waals surface area contributed by atoms with Crippen LogP contribution in [0.15, 0.2) is 54.6 Å². The smallest absolute Gasteiger partial charge is 0.319 e. The number of benzene rings is 2. The van der Waals surface area contributed by atoms with Gasteiger partial charge in [0.2, 0.25) is 0 Å². The van der Waals surface area contributed by atoms with Crippen molar-refractivity contribution in [1.82, 2.24) is 19.9 Å². The Balaban J connectivity index is 0.000000231. The molecule has 13 heteroatoms. The Kier molecular flexibility index (Phi) is 13.0. The van der Waals surface area contributed by atoms with Crippen LogP contribution in [0.5, 0.6) is 29.3 Å². The van der Waals surface area contributed by atoms with Crippen molar-refractivity contribution in [3.05, 3.63) is 76.0 Å². The first-order valence-electron chi connectivity index (χ1n) is 12.9. The van der Waals surface area contributed by atoms with Crippen molar-refractivity contribution in [1.29, 1.82) is 0 Å². The van der Waals surface area contributed by atoms with Crippen molar-refractivity contribution in [3.8, 4) is 29.3 Å². The van der Waals surface area contributed by atoms with Gasteiger partial charge in [-0.05, 0) is 48.2 Å². The lowest BCUT2D eigenvalue weighted by Gasteiger charge is -2.10. The van der Waals surface area contributed by atoms with E-state index < -0.39 is 0 Å². The van der Waals surface area contributed by atoms with E-state index in [4.69, 9.17) is 46.9 Å². The quantitative estimate of drug-likeness (QED) is 0.182. The number of rotatable bonds is 13. The van der Waals surface area contributed by atoms with Gasteiger partial charge < -0.3 is 34.3 Å². The van der Waals surface area contributed by atoms with E-state index in [1.807, 2.05) is 42.5 Å². The van der Waals surface area contributed by atoms with Gasteiger partial charge in [0.15, 0.2) is 11.5 Å². The monoisotopic (exact) mass is 616 g/mol. The molecular weight excluding hydrogens is 583 g/mol. The summed E-state index contributed by atoms with van der Waals surface area (Å²) in [5.41, 5.74) is 2.34. The Morgan fingerprint density at radius 1 is 0.548 bits per heavy atom. The molecular formula is C29H34Cl2N6O5. The highest BCUT2D eigenvalue weighted by Crippen LogP contribution is 2.27. The van der Waals surface area contributed by atoms with E-state index in [0.717, 1.165) is 30.7 Å². The van der Waals surface area contributed by atoms with Crippen molar-refractivity contribution in [2.45, 2.75) is 12.8 Å². The molecule has 0 saturated carbocycles. The summed E-state index contributed by atoms with van der Waals surface area (Å²) in [6, 6.07) is 17.6. The van der Waals surface area contributed by atoms with E-state index >= 15 is 0 Å².